The lowest BCUT2D eigenvalue weighted by Gasteiger charge is -2.15. The third-order valence-electron chi connectivity index (χ3n) is 2.88. The summed E-state index contributed by atoms with van der Waals surface area (Å²) in [7, 11) is 0. The van der Waals surface area contributed by atoms with Crippen molar-refractivity contribution in [3.8, 4) is 0 Å². The first kappa shape index (κ1) is 14.7. The number of nitrogens with zero attached hydrogens (tertiary/aromatic N) is 1. The Kier molecular flexibility index (Phi) is 4.68. The minimum absolute atomic E-state index is 0.159. The van der Waals surface area contributed by atoms with Crippen LogP contribution in [-0.2, 0) is 6.42 Å². The number of carbonyl (C=O) groups is 1. The van der Waals surface area contributed by atoms with E-state index in [2.05, 4.69) is 5.32 Å². The van der Waals surface area contributed by atoms with Crippen molar-refractivity contribution >= 4 is 11.8 Å². The van der Waals surface area contributed by atoms with Gasteiger partial charge in [0.05, 0.1) is 18.7 Å². The molecular formula is C14H14N2O5. The lowest BCUT2D eigenvalue weighted by atomic mass is 10.1. The van der Waals surface area contributed by atoms with Crippen LogP contribution in [0.5, 0.6) is 0 Å². The van der Waals surface area contributed by atoms with Gasteiger partial charge in [-0.05, 0) is 18.1 Å². The van der Waals surface area contributed by atoms with Gasteiger partial charge in [0.1, 0.15) is 4.92 Å². The highest BCUT2D eigenvalue weighted by molar-refractivity contribution is 5.91. The maximum Gasteiger partial charge on any atom is 0.433 e. The lowest BCUT2D eigenvalue weighted by Crippen LogP contribution is -2.38. The van der Waals surface area contributed by atoms with E-state index in [4.69, 9.17) is 4.42 Å². The summed E-state index contributed by atoms with van der Waals surface area (Å²) < 4.78 is 4.81. The molecule has 1 aromatic heterocycles. The third-order valence-corrected chi connectivity index (χ3v) is 2.88. The van der Waals surface area contributed by atoms with E-state index in [0.717, 1.165) is 11.6 Å². The van der Waals surface area contributed by atoms with Crippen LogP contribution in [0.1, 0.15) is 16.1 Å². The zero-order valence-corrected chi connectivity index (χ0v) is 11.1. The number of furan rings is 1. The van der Waals surface area contributed by atoms with Crippen LogP contribution in [0.25, 0.3) is 0 Å². The summed E-state index contributed by atoms with van der Waals surface area (Å²) >= 11 is 0. The number of hydrogen-bond acceptors (Lipinski definition) is 5. The Labute approximate surface area is 120 Å². The van der Waals surface area contributed by atoms with Crippen molar-refractivity contribution in [2.24, 2.45) is 0 Å². The smallest absolute Gasteiger partial charge is 0.395 e. The fraction of sp³-hybridized carbons (Fsp3) is 0.214. The number of nitrogens with one attached hydrogen (secondary N) is 1. The predicted octanol–water partition coefficient (Wildman–Crippen LogP) is 1.52. The molecule has 0 saturated carbocycles. The second kappa shape index (κ2) is 6.67. The summed E-state index contributed by atoms with van der Waals surface area (Å²) in [5, 5.41) is 22.4. The number of aliphatic hydroxyl groups excluding tert-OH is 1. The number of hydrogen-bond donors (Lipinski definition) is 2. The van der Waals surface area contributed by atoms with Gasteiger partial charge in [-0.1, -0.05) is 30.3 Å². The van der Waals surface area contributed by atoms with Crippen LogP contribution in [0, 0.1) is 10.1 Å². The van der Waals surface area contributed by atoms with Gasteiger partial charge >= 0.3 is 5.88 Å². The van der Waals surface area contributed by atoms with Crippen LogP contribution < -0.4 is 5.32 Å². The summed E-state index contributed by atoms with van der Waals surface area (Å²) in [4.78, 5) is 21.7. The van der Waals surface area contributed by atoms with Gasteiger partial charge in [-0.15, -0.1) is 0 Å². The summed E-state index contributed by atoms with van der Waals surface area (Å²) in [6, 6.07) is 11.2. The second-order valence-electron chi connectivity index (χ2n) is 4.44. The molecule has 110 valence electrons. The SMILES string of the molecule is O=C(NC(CO)Cc1ccccc1)c1ccc([N+](=O)[O-])o1. The standard InChI is InChI=1S/C14H14N2O5/c17-9-11(8-10-4-2-1-3-5-10)15-14(18)12-6-7-13(21-12)16(19)20/h1-7,11,17H,8-9H2,(H,15,18). The molecule has 0 fully saturated rings. The molecule has 2 aromatic rings. The van der Waals surface area contributed by atoms with Gasteiger partial charge in [0.2, 0.25) is 0 Å². The van der Waals surface area contributed by atoms with Gasteiger partial charge in [0.15, 0.2) is 5.76 Å². The van der Waals surface area contributed by atoms with Crippen LogP contribution in [0.2, 0.25) is 0 Å². The van der Waals surface area contributed by atoms with Crippen LogP contribution in [0.4, 0.5) is 5.88 Å². The Balaban J connectivity index is 2.00. The van der Waals surface area contributed by atoms with Crippen molar-refractivity contribution in [1.29, 1.82) is 0 Å². The fourth-order valence-corrected chi connectivity index (χ4v) is 1.86. The van der Waals surface area contributed by atoms with Crippen molar-refractivity contribution in [2.45, 2.75) is 12.5 Å². The van der Waals surface area contributed by atoms with E-state index >= 15 is 0 Å². The highest BCUT2D eigenvalue weighted by Gasteiger charge is 2.20. The molecule has 2 rings (SSSR count). The number of carbonyl (C=O) groups excluding carboxylic acids is 1. The summed E-state index contributed by atoms with van der Waals surface area (Å²) in [6.45, 7) is -0.247. The van der Waals surface area contributed by atoms with E-state index in [1.54, 1.807) is 0 Å². The van der Waals surface area contributed by atoms with Gasteiger partial charge < -0.3 is 14.8 Å². The van der Waals surface area contributed by atoms with Gasteiger partial charge in [0, 0.05) is 0 Å². The monoisotopic (exact) mass is 290 g/mol. The normalized spacial score (nSPS) is 11.9. The Morgan fingerprint density at radius 1 is 1.29 bits per heavy atom. The number of benzene rings is 1. The first-order valence-electron chi connectivity index (χ1n) is 6.30. The molecule has 1 heterocycles. The van der Waals surface area contributed by atoms with Crippen LogP contribution in [-0.4, -0.2) is 28.6 Å². The highest BCUT2D eigenvalue weighted by atomic mass is 16.6. The molecule has 1 amide bonds. The molecule has 7 heteroatoms. The molecule has 7 nitrogen and oxygen atoms in total. The van der Waals surface area contributed by atoms with Crippen molar-refractivity contribution in [2.75, 3.05) is 6.61 Å². The van der Waals surface area contributed by atoms with E-state index in [9.17, 15) is 20.0 Å². The van der Waals surface area contributed by atoms with Gasteiger partial charge in [-0.2, -0.15) is 0 Å². The largest absolute Gasteiger partial charge is 0.433 e. The highest BCUT2D eigenvalue weighted by Crippen LogP contribution is 2.15. The van der Waals surface area contributed by atoms with E-state index in [-0.39, 0.29) is 12.4 Å². The van der Waals surface area contributed by atoms with Crippen LogP contribution >= 0.6 is 0 Å². The topological polar surface area (TPSA) is 106 Å². The lowest BCUT2D eigenvalue weighted by molar-refractivity contribution is -0.402. The van der Waals surface area contributed by atoms with Crippen LogP contribution in [0.15, 0.2) is 46.9 Å². The number of rotatable bonds is 6. The minimum Gasteiger partial charge on any atom is -0.395 e. The number of amides is 1. The molecule has 2 N–H and O–H groups in total. The van der Waals surface area contributed by atoms with Crippen molar-refractivity contribution in [1.82, 2.24) is 5.32 Å². The summed E-state index contributed by atoms with van der Waals surface area (Å²) in [5.74, 6) is -1.25. The molecule has 0 saturated heterocycles. The average Bonchev–Trinajstić information content (AvgIpc) is 2.97. The van der Waals surface area contributed by atoms with Crippen molar-refractivity contribution in [3.63, 3.8) is 0 Å². The number of nitro groups is 1. The predicted molar refractivity (Wildman–Crippen MR) is 73.8 cm³/mol. The van der Waals surface area contributed by atoms with E-state index in [0.29, 0.717) is 6.42 Å². The molecule has 1 aromatic carbocycles. The molecule has 0 spiro atoms. The average molecular weight is 290 g/mol. The number of aliphatic hydroxyl groups is 1. The Morgan fingerprint density at radius 3 is 2.57 bits per heavy atom. The van der Waals surface area contributed by atoms with E-state index in [1.165, 1.54) is 6.07 Å². The first-order valence-corrected chi connectivity index (χ1v) is 6.30. The quantitative estimate of drug-likeness (QED) is 0.619. The third kappa shape index (κ3) is 3.90. The van der Waals surface area contributed by atoms with E-state index < -0.39 is 22.8 Å². The molecule has 0 bridgehead atoms. The molecule has 0 radical (unpaired) electrons. The minimum atomic E-state index is -0.718. The van der Waals surface area contributed by atoms with Crippen molar-refractivity contribution in [3.05, 3.63) is 63.9 Å². The Bertz CT molecular complexity index is 623. The van der Waals surface area contributed by atoms with Gasteiger partial charge in [-0.3, -0.25) is 14.9 Å². The zero-order chi connectivity index (χ0) is 15.2. The first-order chi connectivity index (χ1) is 10.1. The molecular weight excluding hydrogens is 276 g/mol. The Hall–Kier alpha value is -2.67. The molecule has 0 aliphatic rings. The summed E-state index contributed by atoms with van der Waals surface area (Å²) in [5.41, 5.74) is 0.960. The van der Waals surface area contributed by atoms with E-state index in [1.807, 2.05) is 30.3 Å². The molecule has 1 atom stereocenters. The second-order valence-corrected chi connectivity index (χ2v) is 4.44. The molecule has 1 unspecified atom stereocenters. The maximum atomic E-state index is 11.9. The molecule has 0 aliphatic heterocycles. The molecule has 21 heavy (non-hydrogen) atoms. The van der Waals surface area contributed by atoms with Crippen molar-refractivity contribution < 1.29 is 19.2 Å². The summed E-state index contributed by atoms with van der Waals surface area (Å²) in [6.07, 6.45) is 0.450. The Morgan fingerprint density at radius 2 is 2.00 bits per heavy atom. The van der Waals surface area contributed by atoms with Crippen LogP contribution in [0.3, 0.4) is 0 Å². The maximum absolute atomic E-state index is 11.9. The fourth-order valence-electron chi connectivity index (χ4n) is 1.86. The zero-order valence-electron chi connectivity index (χ0n) is 11.1. The van der Waals surface area contributed by atoms with Gasteiger partial charge in [-0.25, -0.2) is 0 Å². The molecule has 0 aliphatic carbocycles. The van der Waals surface area contributed by atoms with Gasteiger partial charge in [0.25, 0.3) is 5.91 Å².